The SMILES string of the molecule is Cn1ccc(C(=O)N2CC[C@@]3(CCn4ncnc4[C@@H]3NC(=O)C3CCC3)C2)n1. The van der Waals surface area contributed by atoms with Crippen LogP contribution in [0.25, 0.3) is 0 Å². The van der Waals surface area contributed by atoms with Gasteiger partial charge in [-0.15, -0.1) is 0 Å². The predicted octanol–water partition coefficient (Wildman–Crippen LogP) is 0.905. The number of rotatable bonds is 3. The van der Waals surface area contributed by atoms with Gasteiger partial charge in [0.2, 0.25) is 5.91 Å². The Bertz CT molecular complexity index is 915. The van der Waals surface area contributed by atoms with Crippen LogP contribution < -0.4 is 5.32 Å². The number of carbonyl (C=O) groups excluding carboxylic acids is 2. The van der Waals surface area contributed by atoms with Crippen molar-refractivity contribution >= 4 is 11.8 Å². The molecule has 148 valence electrons. The number of likely N-dealkylation sites (tertiary alicyclic amines) is 1. The van der Waals surface area contributed by atoms with Crippen molar-refractivity contribution in [3.8, 4) is 0 Å². The van der Waals surface area contributed by atoms with Crippen molar-refractivity contribution in [1.82, 2.24) is 34.8 Å². The van der Waals surface area contributed by atoms with Gasteiger partial charge in [-0.1, -0.05) is 6.42 Å². The van der Waals surface area contributed by atoms with Crippen LogP contribution in [0.2, 0.25) is 0 Å². The number of hydrogen-bond donors (Lipinski definition) is 1. The van der Waals surface area contributed by atoms with Crippen LogP contribution in [-0.2, 0) is 18.4 Å². The average molecular weight is 383 g/mol. The standard InChI is InChI=1S/C19H25N7O2/c1-24-8-5-14(23-24)18(28)25-9-6-19(11-25)7-10-26-16(20-12-21-26)15(19)22-17(27)13-3-2-4-13/h5,8,12-13,15H,2-4,6-7,9-11H2,1H3,(H,22,27)/t15-,19+/m0/s1. The highest BCUT2D eigenvalue weighted by molar-refractivity contribution is 5.92. The zero-order chi connectivity index (χ0) is 19.3. The van der Waals surface area contributed by atoms with Crippen LogP contribution in [0.15, 0.2) is 18.6 Å². The van der Waals surface area contributed by atoms with E-state index < -0.39 is 0 Å². The summed E-state index contributed by atoms with van der Waals surface area (Å²) in [5.41, 5.74) is 0.265. The predicted molar refractivity (Wildman–Crippen MR) is 99.0 cm³/mol. The highest BCUT2D eigenvalue weighted by Gasteiger charge is 2.51. The van der Waals surface area contributed by atoms with Crippen LogP contribution in [-0.4, -0.2) is 54.3 Å². The summed E-state index contributed by atoms with van der Waals surface area (Å²) in [7, 11) is 1.81. The van der Waals surface area contributed by atoms with Gasteiger partial charge in [-0.05, 0) is 31.7 Å². The molecule has 1 saturated carbocycles. The van der Waals surface area contributed by atoms with E-state index in [9.17, 15) is 9.59 Å². The van der Waals surface area contributed by atoms with E-state index in [0.717, 1.165) is 44.5 Å². The summed E-state index contributed by atoms with van der Waals surface area (Å²) in [6.45, 7) is 2.03. The van der Waals surface area contributed by atoms with E-state index >= 15 is 0 Å². The zero-order valence-electron chi connectivity index (χ0n) is 16.0. The van der Waals surface area contributed by atoms with Crippen molar-refractivity contribution in [3.63, 3.8) is 0 Å². The van der Waals surface area contributed by atoms with Crippen molar-refractivity contribution in [3.05, 3.63) is 30.1 Å². The highest BCUT2D eigenvalue weighted by atomic mass is 16.2. The number of hydrogen-bond acceptors (Lipinski definition) is 5. The molecule has 2 amide bonds. The molecule has 28 heavy (non-hydrogen) atoms. The van der Waals surface area contributed by atoms with E-state index in [2.05, 4.69) is 20.5 Å². The molecule has 1 spiro atoms. The molecule has 3 aliphatic rings. The number of amides is 2. The van der Waals surface area contributed by atoms with Crippen molar-refractivity contribution in [2.75, 3.05) is 13.1 Å². The van der Waals surface area contributed by atoms with E-state index in [1.54, 1.807) is 23.3 Å². The lowest BCUT2D eigenvalue weighted by Crippen LogP contribution is -2.49. The van der Waals surface area contributed by atoms with Gasteiger partial charge in [-0.2, -0.15) is 10.2 Å². The smallest absolute Gasteiger partial charge is 0.274 e. The first-order valence-corrected chi connectivity index (χ1v) is 10.0. The summed E-state index contributed by atoms with van der Waals surface area (Å²) in [6.07, 6.45) is 8.09. The van der Waals surface area contributed by atoms with E-state index in [4.69, 9.17) is 0 Å². The Balaban J connectivity index is 1.40. The van der Waals surface area contributed by atoms with Crippen LogP contribution in [0.3, 0.4) is 0 Å². The summed E-state index contributed by atoms with van der Waals surface area (Å²) in [6, 6.07) is 1.54. The molecule has 0 unspecified atom stereocenters. The maximum Gasteiger partial charge on any atom is 0.274 e. The van der Waals surface area contributed by atoms with Gasteiger partial charge in [-0.3, -0.25) is 14.3 Å². The Kier molecular flexibility index (Phi) is 3.99. The third-order valence-corrected chi connectivity index (χ3v) is 6.71. The Morgan fingerprint density at radius 1 is 1.25 bits per heavy atom. The minimum Gasteiger partial charge on any atom is -0.345 e. The normalized spacial score (nSPS) is 26.9. The van der Waals surface area contributed by atoms with Gasteiger partial charge in [0.05, 0.1) is 6.04 Å². The molecule has 2 aromatic rings. The minimum absolute atomic E-state index is 0.0476. The van der Waals surface area contributed by atoms with Crippen LogP contribution in [0.5, 0.6) is 0 Å². The lowest BCUT2D eigenvalue weighted by Gasteiger charge is -2.41. The van der Waals surface area contributed by atoms with Crippen molar-refractivity contribution in [2.24, 2.45) is 18.4 Å². The topological polar surface area (TPSA) is 97.9 Å². The van der Waals surface area contributed by atoms with E-state index in [1.807, 2.05) is 16.6 Å². The molecular formula is C19H25N7O2. The van der Waals surface area contributed by atoms with Gasteiger partial charge in [0.15, 0.2) is 0 Å². The Labute approximate surface area is 163 Å². The number of fused-ring (bicyclic) bond motifs is 1. The number of nitrogens with one attached hydrogen (secondary N) is 1. The van der Waals surface area contributed by atoms with Crippen LogP contribution in [0.4, 0.5) is 0 Å². The molecule has 0 radical (unpaired) electrons. The molecule has 2 fully saturated rings. The summed E-state index contributed by atoms with van der Waals surface area (Å²) in [5, 5.41) is 11.8. The first kappa shape index (κ1) is 17.4. The molecule has 2 atom stereocenters. The molecule has 9 nitrogen and oxygen atoms in total. The molecule has 2 aromatic heterocycles. The zero-order valence-corrected chi connectivity index (χ0v) is 16.0. The fourth-order valence-corrected chi connectivity index (χ4v) is 4.76. The number of carbonyl (C=O) groups is 2. The lowest BCUT2D eigenvalue weighted by molar-refractivity contribution is -0.129. The second-order valence-corrected chi connectivity index (χ2v) is 8.37. The third-order valence-electron chi connectivity index (χ3n) is 6.71. The summed E-state index contributed by atoms with van der Waals surface area (Å²) >= 11 is 0. The second kappa shape index (κ2) is 6.42. The minimum atomic E-state index is -0.210. The quantitative estimate of drug-likeness (QED) is 0.849. The number of aryl methyl sites for hydroxylation is 2. The number of nitrogens with zero attached hydrogens (tertiary/aromatic N) is 6. The van der Waals surface area contributed by atoms with Gasteiger partial charge in [0.25, 0.3) is 5.91 Å². The maximum absolute atomic E-state index is 12.9. The van der Waals surface area contributed by atoms with E-state index in [1.165, 1.54) is 0 Å². The molecule has 9 heteroatoms. The average Bonchev–Trinajstić information content (AvgIpc) is 3.35. The largest absolute Gasteiger partial charge is 0.345 e. The molecule has 1 saturated heterocycles. The molecule has 4 heterocycles. The van der Waals surface area contributed by atoms with Crippen molar-refractivity contribution in [1.29, 1.82) is 0 Å². The molecule has 1 N–H and O–H groups in total. The molecule has 2 aliphatic heterocycles. The van der Waals surface area contributed by atoms with Crippen molar-refractivity contribution < 1.29 is 9.59 Å². The van der Waals surface area contributed by atoms with E-state index in [0.29, 0.717) is 18.8 Å². The maximum atomic E-state index is 12.9. The third kappa shape index (κ3) is 2.71. The first-order chi connectivity index (χ1) is 13.6. The lowest BCUT2D eigenvalue weighted by atomic mass is 9.73. The Morgan fingerprint density at radius 2 is 2.07 bits per heavy atom. The fourth-order valence-electron chi connectivity index (χ4n) is 4.76. The van der Waals surface area contributed by atoms with Crippen LogP contribution in [0.1, 0.15) is 54.5 Å². The first-order valence-electron chi connectivity index (χ1n) is 10.0. The van der Waals surface area contributed by atoms with Gasteiger partial charge in [0.1, 0.15) is 17.8 Å². The summed E-state index contributed by atoms with van der Waals surface area (Å²) in [5.74, 6) is 0.990. The Hall–Kier alpha value is -2.71. The second-order valence-electron chi connectivity index (χ2n) is 8.37. The van der Waals surface area contributed by atoms with Crippen molar-refractivity contribution in [2.45, 2.75) is 44.7 Å². The number of aromatic nitrogens is 5. The summed E-state index contributed by atoms with van der Waals surface area (Å²) < 4.78 is 3.53. The van der Waals surface area contributed by atoms with Gasteiger partial charge in [0, 0.05) is 44.2 Å². The molecule has 1 aliphatic carbocycles. The van der Waals surface area contributed by atoms with E-state index in [-0.39, 0.29) is 29.2 Å². The van der Waals surface area contributed by atoms with Gasteiger partial charge in [-0.25, -0.2) is 9.67 Å². The monoisotopic (exact) mass is 383 g/mol. The summed E-state index contributed by atoms with van der Waals surface area (Å²) in [4.78, 5) is 32.0. The fraction of sp³-hybridized carbons (Fsp3) is 0.632. The van der Waals surface area contributed by atoms with Gasteiger partial charge >= 0.3 is 0 Å². The molecular weight excluding hydrogens is 358 g/mol. The highest BCUT2D eigenvalue weighted by Crippen LogP contribution is 2.48. The molecule has 0 bridgehead atoms. The van der Waals surface area contributed by atoms with Crippen LogP contribution >= 0.6 is 0 Å². The Morgan fingerprint density at radius 3 is 2.79 bits per heavy atom. The van der Waals surface area contributed by atoms with Crippen LogP contribution in [0, 0.1) is 11.3 Å². The van der Waals surface area contributed by atoms with Gasteiger partial charge < -0.3 is 10.2 Å². The molecule has 0 aromatic carbocycles. The molecule has 5 rings (SSSR count).